The van der Waals surface area contributed by atoms with Crippen molar-refractivity contribution in [1.29, 1.82) is 0 Å². The van der Waals surface area contributed by atoms with E-state index in [1.54, 1.807) is 0 Å². The van der Waals surface area contributed by atoms with Gasteiger partial charge in [-0.3, -0.25) is 0 Å². The van der Waals surface area contributed by atoms with E-state index in [0.717, 1.165) is 29.9 Å². The van der Waals surface area contributed by atoms with E-state index in [0.29, 0.717) is 18.3 Å². The third kappa shape index (κ3) is 2.24. The Hall–Kier alpha value is -2.37. The lowest BCUT2D eigenvalue weighted by Crippen LogP contribution is -2.09. The summed E-state index contributed by atoms with van der Waals surface area (Å²) in [6.07, 6.45) is 6.49. The highest BCUT2D eigenvalue weighted by molar-refractivity contribution is 5.55. The van der Waals surface area contributed by atoms with Gasteiger partial charge in [0.2, 0.25) is 5.89 Å². The van der Waals surface area contributed by atoms with Crippen LogP contribution in [0, 0.1) is 13.8 Å². The highest BCUT2D eigenvalue weighted by atomic mass is 16.4. The molecule has 0 aliphatic heterocycles. The van der Waals surface area contributed by atoms with Crippen LogP contribution >= 0.6 is 0 Å². The number of aromatic nitrogens is 4. The van der Waals surface area contributed by atoms with E-state index in [1.807, 2.05) is 26.2 Å². The second-order valence-corrected chi connectivity index (χ2v) is 5.80. The van der Waals surface area contributed by atoms with Crippen LogP contribution in [0.4, 0.5) is 0 Å². The number of aryl methyl sites for hydroxylation is 3. The van der Waals surface area contributed by atoms with E-state index in [1.165, 1.54) is 24.2 Å². The van der Waals surface area contributed by atoms with Crippen LogP contribution in [0.5, 0.6) is 0 Å². The fraction of sp³-hybridized carbons (Fsp3) is 0.438. The third-order valence-corrected chi connectivity index (χ3v) is 4.15. The average Bonchev–Trinajstić information content (AvgIpc) is 3.20. The van der Waals surface area contributed by atoms with E-state index >= 15 is 0 Å². The zero-order valence-corrected chi connectivity index (χ0v) is 12.8. The molecule has 0 radical (unpaired) electrons. The molecule has 3 aromatic heterocycles. The molecule has 4 rings (SSSR count). The Morgan fingerprint density at radius 2 is 2.00 bits per heavy atom. The van der Waals surface area contributed by atoms with Crippen LogP contribution in [0.15, 0.2) is 21.2 Å². The Bertz CT molecular complexity index is 812. The summed E-state index contributed by atoms with van der Waals surface area (Å²) in [5.41, 5.74) is 3.39. The molecule has 0 spiro atoms. The second-order valence-electron chi connectivity index (χ2n) is 5.80. The highest BCUT2D eigenvalue weighted by Gasteiger charge is 2.18. The SMILES string of the molecule is Cc1cc(-c2nnc(Cn3cnc4c3CCCC4)o2)c(C)o1. The van der Waals surface area contributed by atoms with E-state index in [4.69, 9.17) is 8.83 Å². The van der Waals surface area contributed by atoms with Gasteiger partial charge in [0.15, 0.2) is 0 Å². The standard InChI is InChI=1S/C16H18N4O2/c1-10-7-12(11(2)21-10)16-19-18-15(22-16)8-20-9-17-13-5-3-4-6-14(13)20/h7,9H,3-6,8H2,1-2H3. The Morgan fingerprint density at radius 1 is 1.14 bits per heavy atom. The van der Waals surface area contributed by atoms with Gasteiger partial charge in [-0.2, -0.15) is 0 Å². The minimum absolute atomic E-state index is 0.512. The van der Waals surface area contributed by atoms with Crippen LogP contribution in [-0.4, -0.2) is 19.7 Å². The molecule has 6 nitrogen and oxygen atoms in total. The van der Waals surface area contributed by atoms with Crippen LogP contribution in [0.3, 0.4) is 0 Å². The van der Waals surface area contributed by atoms with E-state index in [9.17, 15) is 0 Å². The molecule has 0 amide bonds. The number of rotatable bonds is 3. The fourth-order valence-corrected chi connectivity index (χ4v) is 3.08. The van der Waals surface area contributed by atoms with Gasteiger partial charge in [-0.25, -0.2) is 4.98 Å². The average molecular weight is 298 g/mol. The second kappa shape index (κ2) is 5.12. The minimum Gasteiger partial charge on any atom is -0.466 e. The van der Waals surface area contributed by atoms with Gasteiger partial charge in [0.05, 0.1) is 17.6 Å². The molecule has 1 aliphatic carbocycles. The zero-order chi connectivity index (χ0) is 15.1. The minimum atomic E-state index is 0.512. The van der Waals surface area contributed by atoms with Crippen LogP contribution in [0.2, 0.25) is 0 Å². The lowest BCUT2D eigenvalue weighted by Gasteiger charge is -2.12. The van der Waals surface area contributed by atoms with E-state index in [2.05, 4.69) is 19.7 Å². The fourth-order valence-electron chi connectivity index (χ4n) is 3.08. The van der Waals surface area contributed by atoms with Crippen LogP contribution in [0.1, 0.15) is 41.6 Å². The maximum absolute atomic E-state index is 5.80. The quantitative estimate of drug-likeness (QED) is 0.743. The molecule has 0 saturated carbocycles. The predicted molar refractivity (Wildman–Crippen MR) is 79.4 cm³/mol. The highest BCUT2D eigenvalue weighted by Crippen LogP contribution is 2.26. The Balaban J connectivity index is 1.60. The first-order valence-electron chi connectivity index (χ1n) is 7.63. The number of nitrogens with zero attached hydrogens (tertiary/aromatic N) is 4. The summed E-state index contributed by atoms with van der Waals surface area (Å²) in [5, 5.41) is 8.30. The molecule has 22 heavy (non-hydrogen) atoms. The number of imidazole rings is 1. The van der Waals surface area contributed by atoms with Crippen molar-refractivity contribution >= 4 is 0 Å². The molecule has 0 atom stereocenters. The Labute approximate surface area is 128 Å². The predicted octanol–water partition coefficient (Wildman–Crippen LogP) is 3.07. The van der Waals surface area contributed by atoms with Gasteiger partial charge in [0, 0.05) is 5.69 Å². The smallest absolute Gasteiger partial charge is 0.251 e. The number of hydrogen-bond donors (Lipinski definition) is 0. The summed E-state index contributed by atoms with van der Waals surface area (Å²) in [5.74, 6) is 2.75. The molecule has 6 heteroatoms. The lowest BCUT2D eigenvalue weighted by molar-refractivity contribution is 0.477. The van der Waals surface area contributed by atoms with Crippen molar-refractivity contribution in [3.05, 3.63) is 41.2 Å². The largest absolute Gasteiger partial charge is 0.466 e. The molecule has 0 N–H and O–H groups in total. The zero-order valence-electron chi connectivity index (χ0n) is 12.8. The summed E-state index contributed by atoms with van der Waals surface area (Å²) in [6.45, 7) is 4.38. The van der Waals surface area contributed by atoms with Gasteiger partial charge in [0.1, 0.15) is 18.1 Å². The molecular weight excluding hydrogens is 280 g/mol. The van der Waals surface area contributed by atoms with E-state index in [-0.39, 0.29) is 0 Å². The molecule has 3 heterocycles. The molecule has 0 fully saturated rings. The molecule has 0 aromatic carbocycles. The summed E-state index contributed by atoms with van der Waals surface area (Å²) in [6, 6.07) is 1.92. The molecule has 0 bridgehead atoms. The van der Waals surface area contributed by atoms with Crippen molar-refractivity contribution in [2.45, 2.75) is 46.1 Å². The lowest BCUT2D eigenvalue weighted by atomic mass is 10.0. The van der Waals surface area contributed by atoms with Crippen molar-refractivity contribution < 1.29 is 8.83 Å². The van der Waals surface area contributed by atoms with Crippen molar-refractivity contribution in [3.63, 3.8) is 0 Å². The molecule has 114 valence electrons. The number of hydrogen-bond acceptors (Lipinski definition) is 5. The Morgan fingerprint density at radius 3 is 2.82 bits per heavy atom. The summed E-state index contributed by atoms with van der Waals surface area (Å²) in [7, 11) is 0. The monoisotopic (exact) mass is 298 g/mol. The third-order valence-electron chi connectivity index (χ3n) is 4.15. The van der Waals surface area contributed by atoms with Crippen LogP contribution in [0.25, 0.3) is 11.5 Å². The molecule has 0 unspecified atom stereocenters. The topological polar surface area (TPSA) is 69.9 Å². The first-order valence-corrected chi connectivity index (χ1v) is 7.63. The van der Waals surface area contributed by atoms with Gasteiger partial charge in [0.25, 0.3) is 5.89 Å². The van der Waals surface area contributed by atoms with Gasteiger partial charge >= 0.3 is 0 Å². The molecule has 1 aliphatic rings. The normalized spacial score (nSPS) is 14.3. The van der Waals surface area contributed by atoms with Gasteiger partial charge in [-0.05, 0) is 45.6 Å². The number of furan rings is 1. The van der Waals surface area contributed by atoms with Crippen molar-refractivity contribution in [3.8, 4) is 11.5 Å². The molecule has 0 saturated heterocycles. The summed E-state index contributed by atoms with van der Waals surface area (Å²) in [4.78, 5) is 4.49. The molecular formula is C16H18N4O2. The maximum Gasteiger partial charge on any atom is 0.251 e. The maximum atomic E-state index is 5.80. The summed E-state index contributed by atoms with van der Waals surface area (Å²) < 4.78 is 13.4. The van der Waals surface area contributed by atoms with E-state index < -0.39 is 0 Å². The number of fused-ring (bicyclic) bond motifs is 1. The van der Waals surface area contributed by atoms with Crippen LogP contribution < -0.4 is 0 Å². The van der Waals surface area contributed by atoms with Gasteiger partial charge in [-0.1, -0.05) is 0 Å². The van der Waals surface area contributed by atoms with Crippen molar-refractivity contribution in [1.82, 2.24) is 19.7 Å². The first kappa shape index (κ1) is 13.3. The van der Waals surface area contributed by atoms with Gasteiger partial charge in [-0.15, -0.1) is 10.2 Å². The molecule has 3 aromatic rings. The summed E-state index contributed by atoms with van der Waals surface area (Å²) >= 11 is 0. The van der Waals surface area contributed by atoms with Crippen LogP contribution in [-0.2, 0) is 19.4 Å². The van der Waals surface area contributed by atoms with Crippen molar-refractivity contribution in [2.24, 2.45) is 0 Å². The Kier molecular flexibility index (Phi) is 3.10. The van der Waals surface area contributed by atoms with Crippen molar-refractivity contribution in [2.75, 3.05) is 0 Å². The first-order chi connectivity index (χ1) is 10.7. The van der Waals surface area contributed by atoms with Gasteiger partial charge < -0.3 is 13.4 Å².